The number of aromatic nitrogens is 4. The molecule has 3 heterocycles. The lowest BCUT2D eigenvalue weighted by Gasteiger charge is -2.34. The van der Waals surface area contributed by atoms with Gasteiger partial charge in [-0.25, -0.2) is 0 Å². The highest BCUT2D eigenvalue weighted by Crippen LogP contribution is 2.33. The third kappa shape index (κ3) is 2.74. The van der Waals surface area contributed by atoms with Gasteiger partial charge in [0.05, 0.1) is 6.54 Å². The molecule has 0 atom stereocenters. The maximum atomic E-state index is 12.9. The summed E-state index contributed by atoms with van der Waals surface area (Å²) in [5, 5.41) is 8.50. The zero-order chi connectivity index (χ0) is 16.5. The first-order chi connectivity index (χ1) is 11.8. The number of fused-ring (bicyclic) bond motifs is 1. The number of hydrogen-bond donors (Lipinski definition) is 0. The Labute approximate surface area is 142 Å². The van der Waals surface area contributed by atoms with Gasteiger partial charge >= 0.3 is 0 Å². The molecule has 1 saturated carbocycles. The molecule has 1 amide bonds. The van der Waals surface area contributed by atoms with Gasteiger partial charge in [-0.05, 0) is 37.8 Å². The number of nitrogens with zero attached hydrogens (tertiary/aromatic N) is 5. The van der Waals surface area contributed by atoms with E-state index in [2.05, 4.69) is 50.8 Å². The fourth-order valence-corrected chi connectivity index (χ4v) is 4.14. The van der Waals surface area contributed by atoms with Crippen LogP contribution in [0.2, 0.25) is 0 Å². The molecule has 4 rings (SSSR count). The molecule has 0 aromatic carbocycles. The van der Waals surface area contributed by atoms with E-state index in [0.29, 0.717) is 18.5 Å². The predicted octanol–water partition coefficient (Wildman–Crippen LogP) is 2.42. The van der Waals surface area contributed by atoms with Gasteiger partial charge in [-0.1, -0.05) is 6.92 Å². The largest absolute Gasteiger partial charge is 0.351 e. The van der Waals surface area contributed by atoms with Crippen LogP contribution in [0.25, 0.3) is 0 Å². The molecule has 2 aromatic rings. The predicted molar refractivity (Wildman–Crippen MR) is 90.2 cm³/mol. The monoisotopic (exact) mass is 327 g/mol. The summed E-state index contributed by atoms with van der Waals surface area (Å²) in [5.74, 6) is 2.46. The average molecular weight is 327 g/mol. The molecule has 128 valence electrons. The molecule has 2 aromatic heterocycles. The van der Waals surface area contributed by atoms with Crippen molar-refractivity contribution in [1.29, 1.82) is 0 Å². The van der Waals surface area contributed by atoms with Gasteiger partial charge < -0.3 is 14.0 Å². The smallest absolute Gasteiger partial charge is 0.226 e. The zero-order valence-electron chi connectivity index (χ0n) is 14.3. The highest BCUT2D eigenvalue weighted by atomic mass is 16.2. The summed E-state index contributed by atoms with van der Waals surface area (Å²) in [5.41, 5.74) is 0. The third-order valence-electron chi connectivity index (χ3n) is 5.55. The normalized spacial score (nSPS) is 24.0. The van der Waals surface area contributed by atoms with Gasteiger partial charge in [0.1, 0.15) is 5.82 Å². The minimum atomic E-state index is 0.178. The molecule has 6 heteroatoms. The lowest BCUT2D eigenvalue weighted by atomic mass is 9.85. The Morgan fingerprint density at radius 1 is 1.12 bits per heavy atom. The summed E-state index contributed by atoms with van der Waals surface area (Å²) < 4.78 is 4.46. The van der Waals surface area contributed by atoms with Gasteiger partial charge in [-0.15, -0.1) is 10.2 Å². The second-order valence-electron chi connectivity index (χ2n) is 6.93. The van der Waals surface area contributed by atoms with Crippen molar-refractivity contribution in [3.8, 4) is 0 Å². The van der Waals surface area contributed by atoms with Crippen LogP contribution in [-0.2, 0) is 24.3 Å². The Bertz CT molecular complexity index is 697. The van der Waals surface area contributed by atoms with Gasteiger partial charge in [-0.2, -0.15) is 0 Å². The standard InChI is InChI=1S/C18H25N5O/c1-2-16-19-20-17-13-22(11-12-23(16)17)18(24)14-5-7-15(8-6-14)21-9-3-4-10-21/h3-4,9-10,14-15H,2,5-8,11-13H2,1H3. The lowest BCUT2D eigenvalue weighted by Crippen LogP contribution is -2.42. The van der Waals surface area contributed by atoms with E-state index >= 15 is 0 Å². The highest BCUT2D eigenvalue weighted by molar-refractivity contribution is 5.79. The molecule has 1 aliphatic carbocycles. The molecule has 0 saturated heterocycles. The average Bonchev–Trinajstić information content (AvgIpc) is 3.30. The molecule has 6 nitrogen and oxygen atoms in total. The van der Waals surface area contributed by atoms with E-state index < -0.39 is 0 Å². The van der Waals surface area contributed by atoms with Gasteiger partial charge in [0.2, 0.25) is 5.91 Å². The number of amides is 1. The van der Waals surface area contributed by atoms with Crippen molar-refractivity contribution in [3.63, 3.8) is 0 Å². The van der Waals surface area contributed by atoms with Crippen LogP contribution in [0.3, 0.4) is 0 Å². The van der Waals surface area contributed by atoms with Crippen molar-refractivity contribution in [2.24, 2.45) is 5.92 Å². The van der Waals surface area contributed by atoms with E-state index in [-0.39, 0.29) is 5.92 Å². The number of hydrogen-bond acceptors (Lipinski definition) is 3. The van der Waals surface area contributed by atoms with Crippen LogP contribution in [-0.4, -0.2) is 36.7 Å². The van der Waals surface area contributed by atoms with Gasteiger partial charge in [-0.3, -0.25) is 4.79 Å². The maximum Gasteiger partial charge on any atom is 0.226 e. The molecule has 0 N–H and O–H groups in total. The summed E-state index contributed by atoms with van der Waals surface area (Å²) in [7, 11) is 0. The van der Waals surface area contributed by atoms with E-state index in [1.807, 2.05) is 4.90 Å². The lowest BCUT2D eigenvalue weighted by molar-refractivity contribution is -0.138. The van der Waals surface area contributed by atoms with Crippen LogP contribution >= 0.6 is 0 Å². The Balaban J connectivity index is 1.37. The third-order valence-corrected chi connectivity index (χ3v) is 5.55. The number of carbonyl (C=O) groups excluding carboxylic acids is 1. The maximum absolute atomic E-state index is 12.9. The molecule has 0 radical (unpaired) electrons. The molecule has 1 aliphatic heterocycles. The van der Waals surface area contributed by atoms with Crippen LogP contribution in [0, 0.1) is 5.92 Å². The molecule has 2 aliphatic rings. The number of rotatable bonds is 3. The van der Waals surface area contributed by atoms with E-state index in [1.54, 1.807) is 0 Å². The first-order valence-electron chi connectivity index (χ1n) is 9.08. The van der Waals surface area contributed by atoms with Crippen LogP contribution in [0.15, 0.2) is 24.5 Å². The van der Waals surface area contributed by atoms with Crippen molar-refractivity contribution in [2.45, 2.75) is 58.2 Å². The molecular formula is C18H25N5O. The van der Waals surface area contributed by atoms with Gasteiger partial charge in [0.15, 0.2) is 5.82 Å². The second-order valence-corrected chi connectivity index (χ2v) is 6.93. The quantitative estimate of drug-likeness (QED) is 0.870. The summed E-state index contributed by atoms with van der Waals surface area (Å²) in [4.78, 5) is 14.9. The van der Waals surface area contributed by atoms with E-state index in [1.165, 1.54) is 0 Å². The fraction of sp³-hybridized carbons (Fsp3) is 0.611. The van der Waals surface area contributed by atoms with Crippen molar-refractivity contribution in [2.75, 3.05) is 6.54 Å². The molecule has 1 fully saturated rings. The summed E-state index contributed by atoms with van der Waals surface area (Å²) in [6, 6.07) is 4.71. The van der Waals surface area contributed by atoms with E-state index in [4.69, 9.17) is 0 Å². The Hall–Kier alpha value is -2.11. The van der Waals surface area contributed by atoms with E-state index in [9.17, 15) is 4.79 Å². The van der Waals surface area contributed by atoms with Crippen molar-refractivity contribution in [3.05, 3.63) is 36.2 Å². The minimum Gasteiger partial charge on any atom is -0.351 e. The van der Waals surface area contributed by atoms with Crippen LogP contribution in [0.1, 0.15) is 50.3 Å². The Morgan fingerprint density at radius 2 is 1.88 bits per heavy atom. The SMILES string of the molecule is CCc1nnc2n1CCN(C(=O)C1CCC(n3cccc3)CC1)C2. The van der Waals surface area contributed by atoms with Crippen molar-refractivity contribution in [1.82, 2.24) is 24.2 Å². The Kier molecular flexibility index (Phi) is 4.12. The Morgan fingerprint density at radius 3 is 2.58 bits per heavy atom. The van der Waals surface area contributed by atoms with Crippen LogP contribution in [0.4, 0.5) is 0 Å². The molecular weight excluding hydrogens is 302 g/mol. The highest BCUT2D eigenvalue weighted by Gasteiger charge is 2.32. The first kappa shape index (κ1) is 15.4. The number of carbonyl (C=O) groups is 1. The van der Waals surface area contributed by atoms with Crippen LogP contribution in [0.5, 0.6) is 0 Å². The zero-order valence-corrected chi connectivity index (χ0v) is 14.3. The molecule has 0 unspecified atom stereocenters. The summed E-state index contributed by atoms with van der Waals surface area (Å²) >= 11 is 0. The van der Waals surface area contributed by atoms with Crippen molar-refractivity contribution < 1.29 is 4.79 Å². The van der Waals surface area contributed by atoms with Crippen LogP contribution < -0.4 is 0 Å². The summed E-state index contributed by atoms with van der Waals surface area (Å²) in [6.45, 7) is 4.33. The van der Waals surface area contributed by atoms with E-state index in [0.717, 1.165) is 56.8 Å². The molecule has 0 bridgehead atoms. The van der Waals surface area contributed by atoms with Gasteiger partial charge in [0.25, 0.3) is 0 Å². The first-order valence-corrected chi connectivity index (χ1v) is 9.08. The number of aryl methyl sites for hydroxylation is 1. The summed E-state index contributed by atoms with van der Waals surface area (Å²) in [6.07, 6.45) is 9.33. The van der Waals surface area contributed by atoms with Crippen molar-refractivity contribution >= 4 is 5.91 Å². The molecule has 24 heavy (non-hydrogen) atoms. The second kappa shape index (κ2) is 6.42. The minimum absolute atomic E-state index is 0.178. The molecule has 0 spiro atoms. The fourth-order valence-electron chi connectivity index (χ4n) is 4.14. The van der Waals surface area contributed by atoms with Gasteiger partial charge in [0, 0.05) is 43.9 Å². The topological polar surface area (TPSA) is 56.0 Å².